The molecule has 0 N–H and O–H groups in total. The molecule has 4 heteroatoms. The van der Waals surface area contributed by atoms with Gasteiger partial charge in [0.15, 0.2) is 0 Å². The van der Waals surface area contributed by atoms with Gasteiger partial charge in [0.1, 0.15) is 18.3 Å². The van der Waals surface area contributed by atoms with Crippen LogP contribution in [-0.2, 0) is 16.9 Å². The Morgan fingerprint density at radius 1 is 1.35 bits per heavy atom. The molecule has 4 nitrogen and oxygen atoms in total. The van der Waals surface area contributed by atoms with Crippen molar-refractivity contribution in [3.8, 4) is 0 Å². The average Bonchev–Trinajstić information content (AvgIpc) is 3.10. The van der Waals surface area contributed by atoms with Crippen LogP contribution in [0.15, 0.2) is 36.9 Å². The van der Waals surface area contributed by atoms with Gasteiger partial charge in [0.25, 0.3) is 0 Å². The van der Waals surface area contributed by atoms with Crippen molar-refractivity contribution in [2.75, 3.05) is 6.61 Å². The van der Waals surface area contributed by atoms with E-state index in [1.165, 1.54) is 11.1 Å². The molecule has 0 unspecified atom stereocenters. The van der Waals surface area contributed by atoms with Crippen LogP contribution in [0.3, 0.4) is 0 Å². The van der Waals surface area contributed by atoms with Gasteiger partial charge in [-0.15, -0.1) is 0 Å². The summed E-state index contributed by atoms with van der Waals surface area (Å²) in [5.41, 5.74) is 2.26. The fourth-order valence-electron chi connectivity index (χ4n) is 2.96. The molecule has 20 heavy (non-hydrogen) atoms. The Hall–Kier alpha value is -1.68. The highest BCUT2D eigenvalue weighted by Crippen LogP contribution is 2.41. The van der Waals surface area contributed by atoms with Crippen molar-refractivity contribution in [2.45, 2.75) is 38.8 Å². The third-order valence-corrected chi connectivity index (χ3v) is 4.25. The number of ether oxygens (including phenoxy) is 1. The molecule has 1 fully saturated rings. The van der Waals surface area contributed by atoms with Crippen LogP contribution >= 0.6 is 0 Å². The Morgan fingerprint density at radius 2 is 2.15 bits per heavy atom. The number of aryl methyl sites for hydroxylation is 1. The minimum Gasteiger partial charge on any atom is -0.368 e. The highest BCUT2D eigenvalue weighted by atomic mass is 16.5. The minimum absolute atomic E-state index is 0.262. The zero-order chi connectivity index (χ0) is 14.0. The van der Waals surface area contributed by atoms with Crippen molar-refractivity contribution in [3.05, 3.63) is 48.0 Å². The molecule has 0 aliphatic carbocycles. The van der Waals surface area contributed by atoms with Crippen LogP contribution in [0.4, 0.5) is 0 Å². The summed E-state index contributed by atoms with van der Waals surface area (Å²) in [4.78, 5) is 4.04. The summed E-state index contributed by atoms with van der Waals surface area (Å²) >= 11 is 0. The summed E-state index contributed by atoms with van der Waals surface area (Å²) in [7, 11) is 0. The fraction of sp³-hybridized carbons (Fsp3) is 0.500. The second-order valence-corrected chi connectivity index (χ2v) is 5.74. The third kappa shape index (κ3) is 2.48. The molecule has 0 radical (unpaired) electrons. The van der Waals surface area contributed by atoms with Crippen molar-refractivity contribution in [1.82, 2.24) is 14.8 Å². The first-order valence-electron chi connectivity index (χ1n) is 7.25. The van der Waals surface area contributed by atoms with E-state index in [0.717, 1.165) is 26.0 Å². The molecule has 0 spiro atoms. The maximum absolute atomic E-state index is 6.25. The molecular weight excluding hydrogens is 250 g/mol. The smallest absolute Gasteiger partial charge is 0.137 e. The first-order valence-corrected chi connectivity index (χ1v) is 7.25. The molecule has 1 aliphatic rings. The molecular formula is C16H21N3O. The topological polar surface area (TPSA) is 39.9 Å². The van der Waals surface area contributed by atoms with Crippen LogP contribution in [0.2, 0.25) is 0 Å². The van der Waals surface area contributed by atoms with Gasteiger partial charge in [-0.25, -0.2) is 9.67 Å². The lowest BCUT2D eigenvalue weighted by Crippen LogP contribution is -2.31. The van der Waals surface area contributed by atoms with Crippen molar-refractivity contribution >= 4 is 0 Å². The van der Waals surface area contributed by atoms with Gasteiger partial charge in [0.2, 0.25) is 0 Å². The number of aromatic nitrogens is 3. The third-order valence-electron chi connectivity index (χ3n) is 4.25. The van der Waals surface area contributed by atoms with Crippen molar-refractivity contribution in [3.63, 3.8) is 0 Å². The molecule has 3 rings (SSSR count). The maximum Gasteiger partial charge on any atom is 0.137 e. The highest BCUT2D eigenvalue weighted by Gasteiger charge is 2.41. The molecule has 106 valence electrons. The standard InChI is InChI=1S/C16H21N3O/c1-3-14-8-16(20-9-14,10-19-12-17-11-18-19)15-6-4-13(2)5-7-15/h4-7,11-12,14H,3,8-10H2,1-2H3/t14-,16-/m0/s1. The predicted octanol–water partition coefficient (Wildman–Crippen LogP) is 2.93. The molecule has 1 saturated heterocycles. The van der Waals surface area contributed by atoms with Crippen molar-refractivity contribution in [2.24, 2.45) is 5.92 Å². The van der Waals surface area contributed by atoms with Crippen LogP contribution in [0.5, 0.6) is 0 Å². The van der Waals surface area contributed by atoms with E-state index in [1.807, 2.05) is 4.68 Å². The molecule has 1 aromatic carbocycles. The van der Waals surface area contributed by atoms with Crippen molar-refractivity contribution < 1.29 is 4.74 Å². The van der Waals surface area contributed by atoms with Crippen LogP contribution in [-0.4, -0.2) is 21.4 Å². The summed E-state index contributed by atoms with van der Waals surface area (Å²) in [5, 5.41) is 4.24. The Kier molecular flexibility index (Phi) is 3.57. The van der Waals surface area contributed by atoms with Gasteiger partial charge in [0.05, 0.1) is 13.2 Å². The lowest BCUT2D eigenvalue weighted by molar-refractivity contribution is -0.0177. The van der Waals surface area contributed by atoms with Gasteiger partial charge in [-0.1, -0.05) is 43.2 Å². The molecule has 0 bridgehead atoms. The molecule has 2 aromatic rings. The van der Waals surface area contributed by atoms with Gasteiger partial charge in [-0.05, 0) is 24.8 Å². The number of rotatable bonds is 4. The van der Waals surface area contributed by atoms with Gasteiger partial charge >= 0.3 is 0 Å². The van der Waals surface area contributed by atoms with E-state index in [4.69, 9.17) is 4.74 Å². The summed E-state index contributed by atoms with van der Waals surface area (Å²) in [5.74, 6) is 0.625. The monoisotopic (exact) mass is 271 g/mol. The molecule has 2 atom stereocenters. The fourth-order valence-corrected chi connectivity index (χ4v) is 2.96. The molecule has 2 heterocycles. The van der Waals surface area contributed by atoms with E-state index in [1.54, 1.807) is 12.7 Å². The molecule has 0 amide bonds. The number of nitrogens with zero attached hydrogens (tertiary/aromatic N) is 3. The van der Waals surface area contributed by atoms with E-state index >= 15 is 0 Å². The van der Waals surface area contributed by atoms with E-state index in [9.17, 15) is 0 Å². The maximum atomic E-state index is 6.25. The van der Waals surface area contributed by atoms with Crippen LogP contribution in [0.25, 0.3) is 0 Å². The molecule has 1 aromatic heterocycles. The lowest BCUT2D eigenvalue weighted by atomic mass is 9.86. The quantitative estimate of drug-likeness (QED) is 0.858. The lowest BCUT2D eigenvalue weighted by Gasteiger charge is -2.29. The Bertz CT molecular complexity index is 550. The zero-order valence-electron chi connectivity index (χ0n) is 12.1. The van der Waals surface area contributed by atoms with E-state index < -0.39 is 0 Å². The van der Waals surface area contributed by atoms with Crippen molar-refractivity contribution in [1.29, 1.82) is 0 Å². The van der Waals surface area contributed by atoms with E-state index in [2.05, 4.69) is 48.2 Å². The minimum atomic E-state index is -0.262. The number of hydrogen-bond donors (Lipinski definition) is 0. The predicted molar refractivity (Wildman–Crippen MR) is 77.2 cm³/mol. The van der Waals surface area contributed by atoms with Crippen LogP contribution in [0, 0.1) is 12.8 Å². The summed E-state index contributed by atoms with van der Waals surface area (Å²) in [6.45, 7) is 5.90. The van der Waals surface area contributed by atoms with E-state index in [0.29, 0.717) is 5.92 Å². The second-order valence-electron chi connectivity index (χ2n) is 5.74. The summed E-state index contributed by atoms with van der Waals surface area (Å²) < 4.78 is 8.13. The first kappa shape index (κ1) is 13.3. The number of benzene rings is 1. The molecule has 1 aliphatic heterocycles. The van der Waals surface area contributed by atoms with Gasteiger partial charge in [-0.3, -0.25) is 0 Å². The Balaban J connectivity index is 1.93. The highest BCUT2D eigenvalue weighted by molar-refractivity contribution is 5.27. The average molecular weight is 271 g/mol. The Morgan fingerprint density at radius 3 is 2.75 bits per heavy atom. The summed E-state index contributed by atoms with van der Waals surface area (Å²) in [6, 6.07) is 8.68. The SMILES string of the molecule is CC[C@@H]1CO[C@@](Cn2cncn2)(c2ccc(C)cc2)C1. The molecule has 0 saturated carbocycles. The van der Waals surface area contributed by atoms with Crippen LogP contribution < -0.4 is 0 Å². The summed E-state index contributed by atoms with van der Waals surface area (Å²) in [6.07, 6.45) is 5.55. The first-order chi connectivity index (χ1) is 9.72. The normalized spacial score (nSPS) is 26.0. The Labute approximate surface area is 119 Å². The van der Waals surface area contributed by atoms with Gasteiger partial charge in [-0.2, -0.15) is 5.10 Å². The van der Waals surface area contributed by atoms with Gasteiger partial charge in [0, 0.05) is 0 Å². The van der Waals surface area contributed by atoms with Gasteiger partial charge < -0.3 is 4.74 Å². The van der Waals surface area contributed by atoms with E-state index in [-0.39, 0.29) is 5.60 Å². The largest absolute Gasteiger partial charge is 0.368 e. The second kappa shape index (κ2) is 5.37. The number of hydrogen-bond acceptors (Lipinski definition) is 3. The van der Waals surface area contributed by atoms with Crippen LogP contribution in [0.1, 0.15) is 30.9 Å². The zero-order valence-corrected chi connectivity index (χ0v) is 12.1.